The van der Waals surface area contributed by atoms with Gasteiger partial charge in [-0.25, -0.2) is 0 Å². The summed E-state index contributed by atoms with van der Waals surface area (Å²) in [5.74, 6) is 0. The third-order valence-electron chi connectivity index (χ3n) is 11.8. The van der Waals surface area contributed by atoms with Crippen molar-refractivity contribution in [1.29, 1.82) is 0 Å². The third-order valence-corrected chi connectivity index (χ3v) is 11.8. The summed E-state index contributed by atoms with van der Waals surface area (Å²) in [5.41, 5.74) is 14.3. The largest absolute Gasteiger partial charge is 0.310 e. The zero-order valence-corrected chi connectivity index (χ0v) is 32.1. The Bertz CT molecular complexity index is 2860. The van der Waals surface area contributed by atoms with Crippen molar-refractivity contribution >= 4 is 38.6 Å². The Hall–Kier alpha value is -6.70. The second-order valence-corrected chi connectivity index (χ2v) is 16.1. The molecule has 0 atom stereocenters. The number of hydrogen-bond acceptors (Lipinski definition) is 1. The maximum Gasteiger partial charge on any atom is 0.0714 e. The molecule has 0 unspecified atom stereocenters. The standard InChI is InChI=1S/C55H43N/c1-54(2,3)50-28-16-14-27-47(50)49-35-40-20-12-13-21-41(40)36-53(49)56(44-31-30-38-18-10-11-19-39(38)34-44)45-32-33-48-46-26-15-17-29-51(46)55(52(48)37-45,42-22-6-4-7-23-42)43-24-8-5-9-25-43/h4-37H,1-3H3. The van der Waals surface area contributed by atoms with Crippen molar-refractivity contribution in [3.8, 4) is 22.3 Å². The number of rotatable bonds is 6. The van der Waals surface area contributed by atoms with E-state index in [0.29, 0.717) is 0 Å². The molecular formula is C55H43N. The summed E-state index contributed by atoms with van der Waals surface area (Å²) >= 11 is 0. The molecule has 0 radical (unpaired) electrons. The SMILES string of the molecule is CC(C)(C)c1ccccc1-c1cc2ccccc2cc1N(c1ccc2c(c1)C(c1ccccc1)(c1ccccc1)c1ccccc1-2)c1ccc2ccccc2c1. The quantitative estimate of drug-likeness (QED) is 0.166. The number of benzene rings is 9. The molecule has 1 aliphatic carbocycles. The third kappa shape index (κ3) is 5.38. The van der Waals surface area contributed by atoms with E-state index in [1.807, 2.05) is 0 Å². The van der Waals surface area contributed by atoms with E-state index in [1.165, 1.54) is 71.6 Å². The van der Waals surface area contributed by atoms with E-state index >= 15 is 0 Å². The molecule has 0 spiro atoms. The highest BCUT2D eigenvalue weighted by molar-refractivity contribution is 6.01. The number of nitrogens with zero attached hydrogens (tertiary/aromatic N) is 1. The van der Waals surface area contributed by atoms with Crippen molar-refractivity contribution in [3.05, 3.63) is 234 Å². The van der Waals surface area contributed by atoms with Gasteiger partial charge in [0.15, 0.2) is 0 Å². The van der Waals surface area contributed by atoms with Crippen LogP contribution in [0.3, 0.4) is 0 Å². The molecule has 0 N–H and O–H groups in total. The molecule has 56 heavy (non-hydrogen) atoms. The van der Waals surface area contributed by atoms with Gasteiger partial charge in [0, 0.05) is 16.9 Å². The lowest BCUT2D eigenvalue weighted by Gasteiger charge is -2.35. The first-order valence-corrected chi connectivity index (χ1v) is 19.7. The first kappa shape index (κ1) is 33.8. The number of fused-ring (bicyclic) bond motifs is 5. The molecule has 0 amide bonds. The minimum atomic E-state index is -0.509. The van der Waals surface area contributed by atoms with Crippen LogP contribution in [0.15, 0.2) is 206 Å². The molecule has 268 valence electrons. The average Bonchev–Trinajstić information content (AvgIpc) is 3.54. The van der Waals surface area contributed by atoms with Crippen LogP contribution in [-0.2, 0) is 10.8 Å². The van der Waals surface area contributed by atoms with Crippen LogP contribution in [0.1, 0.15) is 48.6 Å². The van der Waals surface area contributed by atoms with Crippen LogP contribution in [0.4, 0.5) is 17.1 Å². The topological polar surface area (TPSA) is 3.24 Å². The molecule has 0 aliphatic heterocycles. The van der Waals surface area contributed by atoms with Gasteiger partial charge in [-0.15, -0.1) is 0 Å². The Morgan fingerprint density at radius 1 is 0.357 bits per heavy atom. The van der Waals surface area contributed by atoms with Gasteiger partial charge < -0.3 is 4.90 Å². The summed E-state index contributed by atoms with van der Waals surface area (Å²) in [5, 5.41) is 4.88. The first-order valence-electron chi connectivity index (χ1n) is 19.7. The van der Waals surface area contributed by atoms with E-state index < -0.39 is 5.41 Å². The van der Waals surface area contributed by atoms with E-state index in [4.69, 9.17) is 0 Å². The fourth-order valence-corrected chi connectivity index (χ4v) is 9.32. The van der Waals surface area contributed by atoms with Gasteiger partial charge in [0.1, 0.15) is 0 Å². The predicted molar refractivity (Wildman–Crippen MR) is 238 cm³/mol. The molecule has 10 rings (SSSR count). The smallest absolute Gasteiger partial charge is 0.0714 e. The van der Waals surface area contributed by atoms with Crippen LogP contribution in [0.25, 0.3) is 43.8 Å². The van der Waals surface area contributed by atoms with Crippen LogP contribution in [0, 0.1) is 0 Å². The fraction of sp³-hybridized carbons (Fsp3) is 0.0909. The summed E-state index contributed by atoms with van der Waals surface area (Å²) in [6.45, 7) is 6.95. The second kappa shape index (κ2) is 13.3. The lowest BCUT2D eigenvalue weighted by molar-refractivity contribution is 0.592. The highest BCUT2D eigenvalue weighted by Crippen LogP contribution is 2.57. The molecule has 1 aliphatic rings. The lowest BCUT2D eigenvalue weighted by atomic mass is 9.67. The van der Waals surface area contributed by atoms with Gasteiger partial charge in [-0.3, -0.25) is 0 Å². The minimum absolute atomic E-state index is 0.0579. The van der Waals surface area contributed by atoms with Gasteiger partial charge >= 0.3 is 0 Å². The van der Waals surface area contributed by atoms with Crippen LogP contribution < -0.4 is 4.90 Å². The highest BCUT2D eigenvalue weighted by Gasteiger charge is 2.46. The van der Waals surface area contributed by atoms with E-state index in [0.717, 1.165) is 17.1 Å². The zero-order chi connectivity index (χ0) is 37.9. The van der Waals surface area contributed by atoms with Gasteiger partial charge in [-0.1, -0.05) is 191 Å². The predicted octanol–water partition coefficient (Wildman–Crippen LogP) is 14.8. The number of hydrogen-bond donors (Lipinski definition) is 0. The first-order chi connectivity index (χ1) is 27.4. The van der Waals surface area contributed by atoms with Crippen LogP contribution >= 0.6 is 0 Å². The molecule has 1 heteroatoms. The monoisotopic (exact) mass is 717 g/mol. The molecule has 1 nitrogen and oxygen atoms in total. The Labute approximate surface area is 330 Å². The van der Waals surface area contributed by atoms with Gasteiger partial charge in [0.25, 0.3) is 0 Å². The maximum absolute atomic E-state index is 2.51. The molecule has 0 saturated heterocycles. The highest BCUT2D eigenvalue weighted by atomic mass is 15.1. The Morgan fingerprint density at radius 3 is 1.54 bits per heavy atom. The molecular weight excluding hydrogens is 675 g/mol. The van der Waals surface area contributed by atoms with Crippen molar-refractivity contribution in [2.24, 2.45) is 0 Å². The van der Waals surface area contributed by atoms with Crippen LogP contribution in [0.5, 0.6) is 0 Å². The molecule has 0 bridgehead atoms. The summed E-state index contributed by atoms with van der Waals surface area (Å²) in [7, 11) is 0. The van der Waals surface area contributed by atoms with E-state index in [9.17, 15) is 0 Å². The van der Waals surface area contributed by atoms with Gasteiger partial charge in [0.05, 0.1) is 11.1 Å². The zero-order valence-electron chi connectivity index (χ0n) is 32.1. The van der Waals surface area contributed by atoms with Crippen molar-refractivity contribution in [1.82, 2.24) is 0 Å². The molecule has 9 aromatic carbocycles. The summed E-state index contributed by atoms with van der Waals surface area (Å²) in [6.07, 6.45) is 0. The van der Waals surface area contributed by atoms with Crippen molar-refractivity contribution in [3.63, 3.8) is 0 Å². The second-order valence-electron chi connectivity index (χ2n) is 16.1. The summed E-state index contributed by atoms with van der Waals surface area (Å²) in [4.78, 5) is 2.51. The fourth-order valence-electron chi connectivity index (χ4n) is 9.32. The summed E-state index contributed by atoms with van der Waals surface area (Å²) in [6, 6.07) is 76.5. The van der Waals surface area contributed by atoms with Gasteiger partial charge in [-0.2, -0.15) is 0 Å². The summed E-state index contributed by atoms with van der Waals surface area (Å²) < 4.78 is 0. The Kier molecular flexibility index (Phi) is 8.01. The number of anilines is 3. The maximum atomic E-state index is 2.51. The Morgan fingerprint density at radius 2 is 0.857 bits per heavy atom. The van der Waals surface area contributed by atoms with Gasteiger partial charge in [-0.05, 0) is 108 Å². The average molecular weight is 718 g/mol. The van der Waals surface area contributed by atoms with Gasteiger partial charge in [0.2, 0.25) is 0 Å². The molecule has 0 saturated carbocycles. The van der Waals surface area contributed by atoms with Crippen molar-refractivity contribution in [2.45, 2.75) is 31.6 Å². The van der Waals surface area contributed by atoms with E-state index in [1.54, 1.807) is 0 Å². The molecule has 9 aromatic rings. The van der Waals surface area contributed by atoms with Crippen LogP contribution in [-0.4, -0.2) is 0 Å². The normalized spacial score (nSPS) is 13.1. The van der Waals surface area contributed by atoms with E-state index in [2.05, 4.69) is 232 Å². The Balaban J connectivity index is 1.31. The minimum Gasteiger partial charge on any atom is -0.310 e. The molecule has 0 heterocycles. The van der Waals surface area contributed by atoms with Crippen molar-refractivity contribution < 1.29 is 0 Å². The molecule has 0 fully saturated rings. The van der Waals surface area contributed by atoms with Crippen LogP contribution in [0.2, 0.25) is 0 Å². The lowest BCUT2D eigenvalue weighted by Crippen LogP contribution is -2.28. The molecule has 0 aromatic heterocycles. The van der Waals surface area contributed by atoms with Crippen molar-refractivity contribution in [2.75, 3.05) is 4.90 Å². The van der Waals surface area contributed by atoms with E-state index in [-0.39, 0.29) is 5.41 Å².